The summed E-state index contributed by atoms with van der Waals surface area (Å²) < 4.78 is -0.120. The van der Waals surface area contributed by atoms with Crippen LogP contribution in [0.3, 0.4) is 0 Å². The molecular weight excluding hydrogens is 130 g/mol. The number of likely N-dealkylation sites (tertiary alicyclic amines) is 1. The molecule has 0 aromatic rings. The molecule has 0 bridgehead atoms. The van der Waals surface area contributed by atoms with Crippen LogP contribution in [0.15, 0.2) is 0 Å². The minimum absolute atomic E-state index is 0.120. The van der Waals surface area contributed by atoms with E-state index in [2.05, 4.69) is 0 Å². The maximum Gasteiger partial charge on any atom is 0.0941 e. The molecular formula is C7H15NO2. The zero-order valence-electron chi connectivity index (χ0n) is 6.58. The van der Waals surface area contributed by atoms with Gasteiger partial charge in [-0.1, -0.05) is 0 Å². The summed E-state index contributed by atoms with van der Waals surface area (Å²) in [6.45, 7) is 2.85. The smallest absolute Gasteiger partial charge is 0.0941 e. The first kappa shape index (κ1) is 7.98. The Balaban J connectivity index is 2.32. The van der Waals surface area contributed by atoms with Gasteiger partial charge < -0.3 is 15.0 Å². The van der Waals surface area contributed by atoms with Crippen molar-refractivity contribution in [2.45, 2.75) is 19.4 Å². The summed E-state index contributed by atoms with van der Waals surface area (Å²) in [7, 11) is 1.69. The van der Waals surface area contributed by atoms with E-state index in [1.165, 1.54) is 0 Å². The summed E-state index contributed by atoms with van der Waals surface area (Å²) in [6, 6.07) is 0.187. The topological polar surface area (TPSA) is 43.3 Å². The lowest BCUT2D eigenvalue weighted by molar-refractivity contribution is -0.938. The van der Waals surface area contributed by atoms with E-state index in [1.807, 2.05) is 6.92 Å². The summed E-state index contributed by atoms with van der Waals surface area (Å²) >= 11 is 0. The van der Waals surface area contributed by atoms with E-state index in [-0.39, 0.29) is 17.3 Å². The molecule has 1 heterocycles. The van der Waals surface area contributed by atoms with Gasteiger partial charge in [-0.05, 0) is 13.3 Å². The highest BCUT2D eigenvalue weighted by Crippen LogP contribution is 2.32. The number of aliphatic hydroxyl groups excluding tert-OH is 1. The maximum atomic E-state index is 11.2. The van der Waals surface area contributed by atoms with Gasteiger partial charge in [0.25, 0.3) is 0 Å². The van der Waals surface area contributed by atoms with Gasteiger partial charge in [0.1, 0.15) is 0 Å². The number of hydrogen-bond donors (Lipinski definition) is 1. The van der Waals surface area contributed by atoms with Crippen LogP contribution in [0.1, 0.15) is 13.3 Å². The van der Waals surface area contributed by atoms with Crippen molar-refractivity contribution in [1.29, 1.82) is 0 Å². The van der Waals surface area contributed by atoms with Crippen LogP contribution in [-0.4, -0.2) is 36.0 Å². The molecule has 0 saturated carbocycles. The Morgan fingerprint density at radius 1 is 1.70 bits per heavy atom. The largest absolute Gasteiger partial charge is 0.633 e. The third-order valence-corrected chi connectivity index (χ3v) is 2.64. The van der Waals surface area contributed by atoms with E-state index in [9.17, 15) is 5.21 Å². The molecule has 0 aromatic carbocycles. The number of rotatable bonds is 2. The highest BCUT2D eigenvalue weighted by Gasteiger charge is 2.41. The van der Waals surface area contributed by atoms with Crippen LogP contribution < -0.4 is 0 Å². The Bertz CT molecular complexity index is 125. The van der Waals surface area contributed by atoms with Crippen LogP contribution in [0.25, 0.3) is 0 Å². The van der Waals surface area contributed by atoms with Gasteiger partial charge in [0.2, 0.25) is 0 Å². The molecule has 3 unspecified atom stereocenters. The standard InChI is InChI=1S/C7H15NO2/c1-6-7(3-4-9)5-8(6,2)10/h6-7,9H,3-5H2,1-2H3. The first-order valence-corrected chi connectivity index (χ1v) is 3.75. The van der Waals surface area contributed by atoms with E-state index in [0.717, 1.165) is 6.42 Å². The van der Waals surface area contributed by atoms with Crippen molar-refractivity contribution < 1.29 is 9.75 Å². The molecule has 1 fully saturated rings. The monoisotopic (exact) mass is 145 g/mol. The van der Waals surface area contributed by atoms with Gasteiger partial charge in [0.15, 0.2) is 0 Å². The van der Waals surface area contributed by atoms with E-state index >= 15 is 0 Å². The maximum absolute atomic E-state index is 11.2. The van der Waals surface area contributed by atoms with E-state index in [4.69, 9.17) is 5.11 Å². The van der Waals surface area contributed by atoms with Crippen molar-refractivity contribution in [3.63, 3.8) is 0 Å². The summed E-state index contributed by atoms with van der Waals surface area (Å²) in [5.41, 5.74) is 0. The molecule has 60 valence electrons. The normalized spacial score (nSPS) is 46.8. The molecule has 1 N–H and O–H groups in total. The highest BCUT2D eigenvalue weighted by molar-refractivity contribution is 4.76. The molecule has 1 aliphatic rings. The molecule has 3 heteroatoms. The third-order valence-electron chi connectivity index (χ3n) is 2.64. The van der Waals surface area contributed by atoms with Crippen molar-refractivity contribution in [3.05, 3.63) is 5.21 Å². The van der Waals surface area contributed by atoms with E-state index in [1.54, 1.807) is 7.05 Å². The van der Waals surface area contributed by atoms with Crippen LogP contribution in [0.2, 0.25) is 0 Å². The predicted octanol–water partition coefficient (Wildman–Crippen LogP) is 0.332. The minimum atomic E-state index is -0.120. The minimum Gasteiger partial charge on any atom is -0.633 e. The zero-order chi connectivity index (χ0) is 7.78. The fraction of sp³-hybridized carbons (Fsp3) is 1.00. The molecule has 3 nitrogen and oxygen atoms in total. The Morgan fingerprint density at radius 3 is 2.60 bits per heavy atom. The molecule has 0 amide bonds. The van der Waals surface area contributed by atoms with Crippen LogP contribution in [0.4, 0.5) is 0 Å². The molecule has 10 heavy (non-hydrogen) atoms. The summed E-state index contributed by atoms with van der Waals surface area (Å²) in [6.07, 6.45) is 0.789. The van der Waals surface area contributed by atoms with Gasteiger partial charge in [-0.3, -0.25) is 0 Å². The average molecular weight is 145 g/mol. The summed E-state index contributed by atoms with van der Waals surface area (Å²) in [5.74, 6) is 0.451. The Hall–Kier alpha value is -0.120. The highest BCUT2D eigenvalue weighted by atomic mass is 16.6. The quantitative estimate of drug-likeness (QED) is 0.449. The van der Waals surface area contributed by atoms with Gasteiger partial charge >= 0.3 is 0 Å². The number of quaternary nitrogens is 1. The van der Waals surface area contributed by atoms with Crippen molar-refractivity contribution in [1.82, 2.24) is 0 Å². The summed E-state index contributed by atoms with van der Waals surface area (Å²) in [5, 5.41) is 19.8. The molecule has 0 spiro atoms. The molecule has 0 radical (unpaired) electrons. The predicted molar refractivity (Wildman–Crippen MR) is 39.1 cm³/mol. The van der Waals surface area contributed by atoms with Gasteiger partial charge in [0.05, 0.1) is 25.6 Å². The summed E-state index contributed by atoms with van der Waals surface area (Å²) in [4.78, 5) is 0. The van der Waals surface area contributed by atoms with Crippen LogP contribution in [0, 0.1) is 11.1 Å². The second kappa shape index (κ2) is 2.49. The lowest BCUT2D eigenvalue weighted by atomic mass is 9.87. The zero-order valence-corrected chi connectivity index (χ0v) is 6.58. The Labute approximate surface area is 61.4 Å². The van der Waals surface area contributed by atoms with Crippen molar-refractivity contribution in [3.8, 4) is 0 Å². The lowest BCUT2D eigenvalue weighted by Gasteiger charge is -2.57. The first-order chi connectivity index (χ1) is 4.58. The average Bonchev–Trinajstić information content (AvgIpc) is 1.87. The molecule has 1 aliphatic heterocycles. The van der Waals surface area contributed by atoms with Crippen LogP contribution in [0.5, 0.6) is 0 Å². The van der Waals surface area contributed by atoms with Gasteiger partial charge in [-0.15, -0.1) is 0 Å². The van der Waals surface area contributed by atoms with Crippen molar-refractivity contribution >= 4 is 0 Å². The second-order valence-electron chi connectivity index (χ2n) is 3.37. The SMILES string of the molecule is CC1C(CCO)C[N+]1(C)[O-]. The molecule has 1 rings (SSSR count). The van der Waals surface area contributed by atoms with Gasteiger partial charge in [-0.25, -0.2) is 0 Å². The van der Waals surface area contributed by atoms with Crippen LogP contribution in [-0.2, 0) is 0 Å². The number of aliphatic hydroxyl groups is 1. The van der Waals surface area contributed by atoms with E-state index < -0.39 is 0 Å². The number of hydroxylamine groups is 3. The fourth-order valence-electron chi connectivity index (χ4n) is 1.59. The molecule has 0 aromatic heterocycles. The lowest BCUT2D eigenvalue weighted by Crippen LogP contribution is -2.63. The van der Waals surface area contributed by atoms with Crippen LogP contribution >= 0.6 is 0 Å². The van der Waals surface area contributed by atoms with Gasteiger partial charge in [0, 0.05) is 6.61 Å². The first-order valence-electron chi connectivity index (χ1n) is 3.75. The number of hydrogen-bond acceptors (Lipinski definition) is 2. The van der Waals surface area contributed by atoms with Crippen molar-refractivity contribution in [2.75, 3.05) is 20.2 Å². The fourth-order valence-corrected chi connectivity index (χ4v) is 1.59. The van der Waals surface area contributed by atoms with Crippen molar-refractivity contribution in [2.24, 2.45) is 5.92 Å². The second-order valence-corrected chi connectivity index (χ2v) is 3.37. The Kier molecular flexibility index (Phi) is 1.99. The van der Waals surface area contributed by atoms with E-state index in [0.29, 0.717) is 12.5 Å². The Morgan fingerprint density at radius 2 is 2.30 bits per heavy atom. The van der Waals surface area contributed by atoms with Gasteiger partial charge in [-0.2, -0.15) is 0 Å². The third kappa shape index (κ3) is 1.17. The molecule has 0 aliphatic carbocycles. The molecule has 3 atom stereocenters. The molecule has 1 saturated heterocycles. The number of nitrogens with zero attached hydrogens (tertiary/aromatic N) is 1.